The standard InChI is InChI=1S/C2H4S2.2Na.2H/c3-1-2-4;;;;/h1-4H;;;;/q;2*+1;2*-1/b2-1+;;;;. The van der Waals surface area contributed by atoms with E-state index < -0.39 is 0 Å². The minimum Gasteiger partial charge on any atom is -1.00 e. The van der Waals surface area contributed by atoms with Crippen LogP contribution in [0.4, 0.5) is 0 Å². The Labute approximate surface area is 96.5 Å². The Morgan fingerprint density at radius 2 is 1.17 bits per heavy atom. The van der Waals surface area contributed by atoms with Crippen LogP contribution in [0.3, 0.4) is 0 Å². The van der Waals surface area contributed by atoms with E-state index in [-0.39, 0.29) is 62.0 Å². The zero-order valence-electron chi connectivity index (χ0n) is 6.05. The fourth-order valence-electron chi connectivity index (χ4n) is 0. The molecule has 0 aromatic heterocycles. The van der Waals surface area contributed by atoms with Crippen LogP contribution in [0.25, 0.3) is 0 Å². The summed E-state index contributed by atoms with van der Waals surface area (Å²) < 4.78 is 0. The second-order valence-corrected chi connectivity index (χ2v) is 0.894. The van der Waals surface area contributed by atoms with Gasteiger partial charge in [0.05, 0.1) is 0 Å². The molecule has 0 spiro atoms. The van der Waals surface area contributed by atoms with Gasteiger partial charge in [0, 0.05) is 0 Å². The second-order valence-electron chi connectivity index (χ2n) is 0.298. The van der Waals surface area contributed by atoms with Gasteiger partial charge in [-0.15, -0.1) is 0 Å². The predicted molar refractivity (Wildman–Crippen MR) is 29.3 cm³/mol. The molecule has 0 unspecified atom stereocenters. The van der Waals surface area contributed by atoms with E-state index >= 15 is 0 Å². The molecule has 6 heavy (non-hydrogen) atoms. The Bertz CT molecular complexity index is 31.2. The minimum absolute atomic E-state index is 0. The van der Waals surface area contributed by atoms with Gasteiger partial charge in [-0.05, 0) is 10.8 Å². The van der Waals surface area contributed by atoms with Crippen molar-refractivity contribution in [2.24, 2.45) is 0 Å². The maximum absolute atomic E-state index is 3.66. The van der Waals surface area contributed by atoms with Gasteiger partial charge >= 0.3 is 59.1 Å². The maximum atomic E-state index is 3.66. The molecule has 0 N–H and O–H groups in total. The van der Waals surface area contributed by atoms with Crippen molar-refractivity contribution >= 4 is 25.3 Å². The van der Waals surface area contributed by atoms with Gasteiger partial charge in [-0.1, -0.05) is 0 Å². The Balaban J connectivity index is -0.00000000750. The Morgan fingerprint density at radius 1 is 1.00 bits per heavy atom. The third kappa shape index (κ3) is 16.1. The number of hydrogen-bond acceptors (Lipinski definition) is 2. The first-order valence-electron chi connectivity index (χ1n) is 0.850. The van der Waals surface area contributed by atoms with Gasteiger partial charge in [0.1, 0.15) is 0 Å². The van der Waals surface area contributed by atoms with E-state index in [0.29, 0.717) is 0 Å². The molecule has 0 aromatic carbocycles. The SMILES string of the molecule is S/C=C/S.[H-].[H-].[Na+].[Na+]. The van der Waals surface area contributed by atoms with Gasteiger partial charge < -0.3 is 2.85 Å². The molecule has 0 fully saturated rings. The van der Waals surface area contributed by atoms with E-state index in [9.17, 15) is 0 Å². The van der Waals surface area contributed by atoms with Gasteiger partial charge in [0.25, 0.3) is 0 Å². The third-order valence-electron chi connectivity index (χ3n) is 0.0667. The topological polar surface area (TPSA) is 0 Å². The quantitative estimate of drug-likeness (QED) is 0.246. The van der Waals surface area contributed by atoms with Crippen molar-refractivity contribution in [3.63, 3.8) is 0 Å². The molecule has 0 atom stereocenters. The molecule has 0 saturated carbocycles. The Morgan fingerprint density at radius 3 is 1.17 bits per heavy atom. The van der Waals surface area contributed by atoms with Crippen molar-refractivity contribution in [2.75, 3.05) is 0 Å². The van der Waals surface area contributed by atoms with Crippen molar-refractivity contribution in [3.8, 4) is 0 Å². The van der Waals surface area contributed by atoms with Gasteiger partial charge in [0.15, 0.2) is 0 Å². The predicted octanol–water partition coefficient (Wildman–Crippen LogP) is -4.45. The van der Waals surface area contributed by atoms with Crippen LogP contribution in [0.2, 0.25) is 0 Å². The van der Waals surface area contributed by atoms with Crippen LogP contribution in [-0.4, -0.2) is 0 Å². The first-order valence-corrected chi connectivity index (χ1v) is 1.88. The van der Waals surface area contributed by atoms with E-state index in [4.69, 9.17) is 0 Å². The summed E-state index contributed by atoms with van der Waals surface area (Å²) in [7, 11) is 0. The molecule has 0 aromatic rings. The third-order valence-corrected chi connectivity index (χ3v) is 0.600. The van der Waals surface area contributed by atoms with Crippen LogP contribution < -0.4 is 59.1 Å². The molecule has 28 valence electrons. The van der Waals surface area contributed by atoms with Crippen LogP contribution in [0.1, 0.15) is 2.85 Å². The summed E-state index contributed by atoms with van der Waals surface area (Å²) in [5, 5.41) is 3.12. The van der Waals surface area contributed by atoms with Crippen molar-refractivity contribution in [1.82, 2.24) is 0 Å². The first kappa shape index (κ1) is 15.8. The smallest absolute Gasteiger partial charge is 1.00 e. The van der Waals surface area contributed by atoms with Gasteiger partial charge in [-0.25, -0.2) is 0 Å². The van der Waals surface area contributed by atoms with Crippen LogP contribution in [0, 0.1) is 0 Å². The molecule has 4 heteroatoms. The summed E-state index contributed by atoms with van der Waals surface area (Å²) in [4.78, 5) is 0. The largest absolute Gasteiger partial charge is 1.00 e. The first-order chi connectivity index (χ1) is 1.91. The second kappa shape index (κ2) is 15.7. The molecule has 0 aliphatic carbocycles. The molecular weight excluding hydrogens is 134 g/mol. The monoisotopic (exact) mass is 140 g/mol. The van der Waals surface area contributed by atoms with Crippen molar-refractivity contribution in [3.05, 3.63) is 10.8 Å². The molecule has 0 nitrogen and oxygen atoms in total. The fourth-order valence-corrected chi connectivity index (χ4v) is 0. The van der Waals surface area contributed by atoms with E-state index in [1.807, 2.05) is 0 Å². The van der Waals surface area contributed by atoms with E-state index in [2.05, 4.69) is 25.3 Å². The van der Waals surface area contributed by atoms with Gasteiger partial charge in [-0.2, -0.15) is 25.3 Å². The van der Waals surface area contributed by atoms with E-state index in [1.54, 1.807) is 10.8 Å². The summed E-state index contributed by atoms with van der Waals surface area (Å²) in [5.41, 5.74) is 0. The minimum atomic E-state index is 0. The number of hydrogen-bond donors (Lipinski definition) is 2. The zero-order valence-corrected chi connectivity index (χ0v) is 9.84. The van der Waals surface area contributed by atoms with Gasteiger partial charge in [-0.3, -0.25) is 0 Å². The molecule has 0 amide bonds. The summed E-state index contributed by atoms with van der Waals surface area (Å²) in [6.07, 6.45) is 0. The summed E-state index contributed by atoms with van der Waals surface area (Å²) in [6, 6.07) is 0. The molecular formula is C2H6Na2S2. The average molecular weight is 140 g/mol. The zero-order chi connectivity index (χ0) is 3.41. The average Bonchev–Trinajstić information content (AvgIpc) is 1.37. The molecule has 0 aliphatic rings. The normalized spacial score (nSPS) is 6.33. The van der Waals surface area contributed by atoms with Crippen molar-refractivity contribution < 1.29 is 62.0 Å². The summed E-state index contributed by atoms with van der Waals surface area (Å²) in [5.74, 6) is 0. The number of rotatable bonds is 0. The Hall–Kier alpha value is 2.44. The van der Waals surface area contributed by atoms with Crippen LogP contribution in [-0.2, 0) is 0 Å². The van der Waals surface area contributed by atoms with Gasteiger partial charge in [0.2, 0.25) is 0 Å². The van der Waals surface area contributed by atoms with Crippen molar-refractivity contribution in [1.29, 1.82) is 0 Å². The molecule has 0 radical (unpaired) electrons. The van der Waals surface area contributed by atoms with Crippen LogP contribution in [0.5, 0.6) is 0 Å². The van der Waals surface area contributed by atoms with Crippen LogP contribution >= 0.6 is 25.3 Å². The van der Waals surface area contributed by atoms with E-state index in [1.165, 1.54) is 0 Å². The molecule has 0 bridgehead atoms. The Kier molecular flexibility index (Phi) is 41.2. The fraction of sp³-hybridized carbons (Fsp3) is 0. The maximum Gasteiger partial charge on any atom is 1.00 e. The summed E-state index contributed by atoms with van der Waals surface area (Å²) in [6.45, 7) is 0. The molecule has 0 heterocycles. The molecule has 0 saturated heterocycles. The molecule has 0 rings (SSSR count). The van der Waals surface area contributed by atoms with Crippen molar-refractivity contribution in [2.45, 2.75) is 0 Å². The van der Waals surface area contributed by atoms with E-state index in [0.717, 1.165) is 0 Å². The molecule has 0 aliphatic heterocycles. The summed E-state index contributed by atoms with van der Waals surface area (Å²) >= 11 is 7.33. The van der Waals surface area contributed by atoms with Crippen LogP contribution in [0.15, 0.2) is 10.8 Å². The number of thiol groups is 2.